The molecule has 2 amide bonds. The lowest BCUT2D eigenvalue weighted by atomic mass is 10.1. The van der Waals surface area contributed by atoms with E-state index >= 15 is 0 Å². The fourth-order valence-corrected chi connectivity index (χ4v) is 1.97. The molecule has 0 heterocycles. The normalized spacial score (nSPS) is 11.5. The van der Waals surface area contributed by atoms with Crippen LogP contribution >= 0.6 is 12.6 Å². The van der Waals surface area contributed by atoms with E-state index < -0.39 is 24.3 Å². The molecule has 120 valence electrons. The molecule has 7 heteroatoms. The Kier molecular flexibility index (Phi) is 8.06. The van der Waals surface area contributed by atoms with Crippen molar-refractivity contribution < 1.29 is 19.5 Å². The predicted octanol–water partition coefficient (Wildman–Crippen LogP) is 0.625. The molecule has 22 heavy (non-hydrogen) atoms. The van der Waals surface area contributed by atoms with Crippen molar-refractivity contribution in [2.45, 2.75) is 25.3 Å². The average molecular weight is 324 g/mol. The van der Waals surface area contributed by atoms with Crippen LogP contribution in [0.3, 0.4) is 0 Å². The summed E-state index contributed by atoms with van der Waals surface area (Å²) in [6, 6.07) is 8.39. The highest BCUT2D eigenvalue weighted by molar-refractivity contribution is 7.80. The maximum atomic E-state index is 11.9. The Morgan fingerprint density at radius 1 is 1.18 bits per heavy atom. The molecule has 0 bridgehead atoms. The third-order valence-corrected chi connectivity index (χ3v) is 3.15. The van der Waals surface area contributed by atoms with Gasteiger partial charge in [0.1, 0.15) is 6.04 Å². The van der Waals surface area contributed by atoms with E-state index in [4.69, 9.17) is 5.11 Å². The molecule has 0 spiro atoms. The van der Waals surface area contributed by atoms with Gasteiger partial charge in [-0.05, 0) is 12.0 Å². The van der Waals surface area contributed by atoms with E-state index in [1.165, 1.54) is 0 Å². The number of aryl methyl sites for hydroxylation is 1. The lowest BCUT2D eigenvalue weighted by molar-refractivity contribution is -0.140. The first-order valence-corrected chi connectivity index (χ1v) is 7.60. The van der Waals surface area contributed by atoms with E-state index in [1.54, 1.807) is 0 Å². The van der Waals surface area contributed by atoms with Crippen molar-refractivity contribution in [3.05, 3.63) is 35.9 Å². The van der Waals surface area contributed by atoms with E-state index in [9.17, 15) is 14.4 Å². The standard InChI is InChI=1S/C15H20N2O4S/c18-13(7-6-11-4-2-1-3-5-11)17-12(10-14(19)20)15(21)16-8-9-22/h1-5,12,22H,6-10H2,(H,16,21)(H,17,18)(H,19,20). The Morgan fingerprint density at radius 3 is 2.45 bits per heavy atom. The summed E-state index contributed by atoms with van der Waals surface area (Å²) in [4.78, 5) is 34.5. The van der Waals surface area contributed by atoms with Crippen LogP contribution in [0.4, 0.5) is 0 Å². The molecular weight excluding hydrogens is 304 g/mol. The molecule has 1 unspecified atom stereocenters. The topological polar surface area (TPSA) is 95.5 Å². The molecule has 0 saturated heterocycles. The molecule has 0 aliphatic heterocycles. The van der Waals surface area contributed by atoms with Crippen LogP contribution in [-0.4, -0.2) is 41.2 Å². The Bertz CT molecular complexity index is 508. The second kappa shape index (κ2) is 9.83. The summed E-state index contributed by atoms with van der Waals surface area (Å²) < 4.78 is 0. The van der Waals surface area contributed by atoms with Crippen LogP contribution in [-0.2, 0) is 20.8 Å². The van der Waals surface area contributed by atoms with Gasteiger partial charge in [-0.3, -0.25) is 14.4 Å². The molecule has 6 nitrogen and oxygen atoms in total. The molecule has 0 aliphatic rings. The number of amides is 2. The van der Waals surface area contributed by atoms with Crippen molar-refractivity contribution in [3.63, 3.8) is 0 Å². The number of carbonyl (C=O) groups is 3. The SMILES string of the molecule is O=C(O)CC(NC(=O)CCc1ccccc1)C(=O)NCCS. The van der Waals surface area contributed by atoms with Crippen LogP contribution < -0.4 is 10.6 Å². The predicted molar refractivity (Wildman–Crippen MR) is 85.8 cm³/mol. The molecule has 0 aliphatic carbocycles. The van der Waals surface area contributed by atoms with Gasteiger partial charge in [0.25, 0.3) is 0 Å². The Hall–Kier alpha value is -2.02. The van der Waals surface area contributed by atoms with E-state index in [2.05, 4.69) is 23.3 Å². The molecule has 1 rings (SSSR count). The van der Waals surface area contributed by atoms with Crippen LogP contribution in [0.5, 0.6) is 0 Å². The number of rotatable bonds is 9. The van der Waals surface area contributed by atoms with Crippen molar-refractivity contribution in [2.75, 3.05) is 12.3 Å². The van der Waals surface area contributed by atoms with E-state index in [1.807, 2.05) is 30.3 Å². The van der Waals surface area contributed by atoms with Crippen molar-refractivity contribution in [3.8, 4) is 0 Å². The summed E-state index contributed by atoms with van der Waals surface area (Å²) in [6.07, 6.45) is 0.278. The summed E-state index contributed by atoms with van der Waals surface area (Å²) in [5, 5.41) is 13.8. The third kappa shape index (κ3) is 7.12. The molecule has 1 aromatic rings. The maximum Gasteiger partial charge on any atom is 0.305 e. The lowest BCUT2D eigenvalue weighted by Gasteiger charge is -2.16. The van der Waals surface area contributed by atoms with Gasteiger partial charge in [0.15, 0.2) is 0 Å². The van der Waals surface area contributed by atoms with Gasteiger partial charge >= 0.3 is 5.97 Å². The van der Waals surface area contributed by atoms with Crippen LogP contribution in [0.1, 0.15) is 18.4 Å². The molecule has 0 fully saturated rings. The molecule has 1 aromatic carbocycles. The quantitative estimate of drug-likeness (QED) is 0.501. The number of carbonyl (C=O) groups excluding carboxylic acids is 2. The third-order valence-electron chi connectivity index (χ3n) is 2.93. The number of carboxylic acids is 1. The van der Waals surface area contributed by atoms with Crippen molar-refractivity contribution in [2.24, 2.45) is 0 Å². The molecule has 0 aromatic heterocycles. The van der Waals surface area contributed by atoms with Gasteiger partial charge in [-0.15, -0.1) is 0 Å². The maximum absolute atomic E-state index is 11.9. The van der Waals surface area contributed by atoms with Gasteiger partial charge in [-0.25, -0.2) is 0 Å². The zero-order valence-corrected chi connectivity index (χ0v) is 13.0. The highest BCUT2D eigenvalue weighted by Crippen LogP contribution is 2.03. The fourth-order valence-electron chi connectivity index (χ4n) is 1.86. The first-order chi connectivity index (χ1) is 10.5. The van der Waals surface area contributed by atoms with Crippen molar-refractivity contribution in [1.29, 1.82) is 0 Å². The molecule has 3 N–H and O–H groups in total. The Labute approximate surface area is 134 Å². The minimum absolute atomic E-state index is 0.194. The largest absolute Gasteiger partial charge is 0.481 e. The fraction of sp³-hybridized carbons (Fsp3) is 0.400. The highest BCUT2D eigenvalue weighted by Gasteiger charge is 2.23. The zero-order valence-electron chi connectivity index (χ0n) is 12.1. The van der Waals surface area contributed by atoms with Crippen LogP contribution in [0.2, 0.25) is 0 Å². The number of aliphatic carboxylic acids is 1. The lowest BCUT2D eigenvalue weighted by Crippen LogP contribution is -2.48. The van der Waals surface area contributed by atoms with Gasteiger partial charge in [-0.2, -0.15) is 12.6 Å². The minimum atomic E-state index is -1.14. The van der Waals surface area contributed by atoms with Gasteiger partial charge in [0, 0.05) is 18.7 Å². The summed E-state index contributed by atoms with van der Waals surface area (Å²) in [5.41, 5.74) is 1.01. The first kappa shape index (κ1) is 18.0. The molecule has 0 saturated carbocycles. The van der Waals surface area contributed by atoms with Gasteiger partial charge in [0.05, 0.1) is 6.42 Å². The van der Waals surface area contributed by atoms with Crippen molar-refractivity contribution in [1.82, 2.24) is 10.6 Å². The number of hydrogen-bond acceptors (Lipinski definition) is 4. The van der Waals surface area contributed by atoms with Crippen molar-refractivity contribution >= 4 is 30.4 Å². The van der Waals surface area contributed by atoms with Gasteiger partial charge < -0.3 is 15.7 Å². The van der Waals surface area contributed by atoms with Gasteiger partial charge in [-0.1, -0.05) is 30.3 Å². The summed E-state index contributed by atoms with van der Waals surface area (Å²) in [7, 11) is 0. The average Bonchev–Trinajstić information content (AvgIpc) is 2.50. The number of thiol groups is 1. The Morgan fingerprint density at radius 2 is 1.86 bits per heavy atom. The van der Waals surface area contributed by atoms with E-state index in [0.717, 1.165) is 5.56 Å². The second-order valence-corrected chi connectivity index (χ2v) is 5.17. The van der Waals surface area contributed by atoms with E-state index in [0.29, 0.717) is 18.7 Å². The van der Waals surface area contributed by atoms with E-state index in [-0.39, 0.29) is 12.3 Å². The first-order valence-electron chi connectivity index (χ1n) is 6.96. The zero-order chi connectivity index (χ0) is 16.4. The summed E-state index contributed by atoms with van der Waals surface area (Å²) in [5.74, 6) is -1.57. The number of carboxylic acid groups (broad SMARTS) is 1. The number of hydrogen-bond donors (Lipinski definition) is 4. The second-order valence-electron chi connectivity index (χ2n) is 4.72. The molecular formula is C15H20N2O4S. The Balaban J connectivity index is 2.51. The minimum Gasteiger partial charge on any atom is -0.481 e. The molecule has 1 atom stereocenters. The number of benzene rings is 1. The monoisotopic (exact) mass is 324 g/mol. The van der Waals surface area contributed by atoms with Crippen LogP contribution in [0.25, 0.3) is 0 Å². The smallest absolute Gasteiger partial charge is 0.305 e. The van der Waals surface area contributed by atoms with Gasteiger partial charge in [0.2, 0.25) is 11.8 Å². The van der Waals surface area contributed by atoms with Crippen LogP contribution in [0.15, 0.2) is 30.3 Å². The van der Waals surface area contributed by atoms with Crippen LogP contribution in [0, 0.1) is 0 Å². The highest BCUT2D eigenvalue weighted by atomic mass is 32.1. The summed E-state index contributed by atoms with van der Waals surface area (Å²) in [6.45, 7) is 0.317. The molecule has 0 radical (unpaired) electrons. The number of nitrogens with one attached hydrogen (secondary N) is 2. The summed E-state index contributed by atoms with van der Waals surface area (Å²) >= 11 is 3.96.